The molecule has 1 amide bonds. The van der Waals surface area contributed by atoms with Crippen LogP contribution in [0, 0.1) is 0 Å². The van der Waals surface area contributed by atoms with Crippen molar-refractivity contribution in [2.45, 2.75) is 32.6 Å². The number of thiophene rings is 1. The molecule has 4 N–H and O–H groups in total. The van der Waals surface area contributed by atoms with E-state index in [-0.39, 0.29) is 6.61 Å². The van der Waals surface area contributed by atoms with E-state index in [0.29, 0.717) is 18.0 Å². The van der Waals surface area contributed by atoms with Crippen LogP contribution in [0.2, 0.25) is 0 Å². The third-order valence-electron chi connectivity index (χ3n) is 5.54. The fraction of sp³-hybridized carbons (Fsp3) is 0.385. The molecule has 1 aromatic carbocycles. The molecule has 1 fully saturated rings. The van der Waals surface area contributed by atoms with E-state index < -0.39 is 11.5 Å². The van der Waals surface area contributed by atoms with Gasteiger partial charge in [-0.25, -0.2) is 4.98 Å². The molecule has 186 valence electrons. The molecule has 0 unspecified atom stereocenters. The van der Waals surface area contributed by atoms with Gasteiger partial charge in [0.05, 0.1) is 43.3 Å². The Bertz CT molecular complexity index is 1150. The lowest BCUT2D eigenvalue weighted by atomic mass is 10.0. The van der Waals surface area contributed by atoms with Crippen molar-refractivity contribution in [3.05, 3.63) is 64.7 Å². The van der Waals surface area contributed by atoms with Gasteiger partial charge >= 0.3 is 0 Å². The molecule has 1 saturated heterocycles. The van der Waals surface area contributed by atoms with Crippen LogP contribution in [-0.2, 0) is 22.6 Å². The summed E-state index contributed by atoms with van der Waals surface area (Å²) in [5.74, 6) is 0.213. The fourth-order valence-electron chi connectivity index (χ4n) is 3.89. The quantitative estimate of drug-likeness (QED) is 0.392. The number of carbonyl (C=O) groups excluding carboxylic acids is 1. The molecule has 3 heterocycles. The lowest BCUT2D eigenvalue weighted by Crippen LogP contribution is -2.35. The molecule has 2 aromatic heterocycles. The molecule has 8 nitrogen and oxygen atoms in total. The Morgan fingerprint density at radius 3 is 2.80 bits per heavy atom. The standard InChI is InChI=1S/C26H32N4O4S/c1-26(2,32)17-34-16-19-4-3-5-23(28-19)29-22-14-18(15-30-9-11-33-12-10-30)6-7-20(22)24-21(25(27)31)8-13-35-24/h3-8,13-14,32H,9-12,15-17H2,1-2H3,(H2,27,31)(H,28,29). The van der Waals surface area contributed by atoms with Crippen molar-refractivity contribution < 1.29 is 19.4 Å². The molecular weight excluding hydrogens is 464 g/mol. The van der Waals surface area contributed by atoms with Gasteiger partial charge in [-0.1, -0.05) is 18.2 Å². The second kappa shape index (κ2) is 11.3. The largest absolute Gasteiger partial charge is 0.388 e. The maximum atomic E-state index is 12.0. The third kappa shape index (κ3) is 7.09. The molecule has 9 heteroatoms. The van der Waals surface area contributed by atoms with Crippen LogP contribution in [0.25, 0.3) is 10.4 Å². The average molecular weight is 497 g/mol. The number of nitrogens with zero attached hydrogens (tertiary/aromatic N) is 2. The van der Waals surface area contributed by atoms with Gasteiger partial charge in [-0.3, -0.25) is 9.69 Å². The number of carbonyl (C=O) groups is 1. The molecule has 4 rings (SSSR count). The Kier molecular flexibility index (Phi) is 8.15. The number of pyridine rings is 1. The number of nitrogens with one attached hydrogen (secondary N) is 1. The van der Waals surface area contributed by atoms with Crippen LogP contribution in [0.1, 0.15) is 35.5 Å². The van der Waals surface area contributed by atoms with E-state index in [1.807, 2.05) is 29.6 Å². The lowest BCUT2D eigenvalue weighted by Gasteiger charge is -2.27. The van der Waals surface area contributed by atoms with Crippen molar-refractivity contribution in [2.75, 3.05) is 38.2 Å². The van der Waals surface area contributed by atoms with Crippen LogP contribution in [0.3, 0.4) is 0 Å². The van der Waals surface area contributed by atoms with E-state index in [1.54, 1.807) is 19.9 Å². The second-order valence-electron chi connectivity index (χ2n) is 9.24. The molecule has 1 aliphatic rings. The van der Waals surface area contributed by atoms with E-state index in [0.717, 1.165) is 60.2 Å². The Hall–Kier alpha value is -2.82. The Balaban J connectivity index is 1.61. The summed E-state index contributed by atoms with van der Waals surface area (Å²) in [6.45, 7) is 8.01. The number of ether oxygens (including phenoxy) is 2. The van der Waals surface area contributed by atoms with Gasteiger partial charge in [0.2, 0.25) is 5.91 Å². The second-order valence-corrected chi connectivity index (χ2v) is 10.2. The first kappa shape index (κ1) is 25.3. The zero-order valence-electron chi connectivity index (χ0n) is 20.1. The summed E-state index contributed by atoms with van der Waals surface area (Å²) in [6.07, 6.45) is 0. The number of hydrogen-bond acceptors (Lipinski definition) is 8. The van der Waals surface area contributed by atoms with E-state index >= 15 is 0 Å². The number of aromatic nitrogens is 1. The van der Waals surface area contributed by atoms with Crippen LogP contribution < -0.4 is 11.1 Å². The molecule has 0 spiro atoms. The third-order valence-corrected chi connectivity index (χ3v) is 6.49. The number of rotatable bonds is 10. The number of hydrogen-bond donors (Lipinski definition) is 3. The van der Waals surface area contributed by atoms with Crippen molar-refractivity contribution >= 4 is 28.7 Å². The summed E-state index contributed by atoms with van der Waals surface area (Å²) in [5, 5.41) is 15.2. The lowest BCUT2D eigenvalue weighted by molar-refractivity contribution is -0.0276. The minimum Gasteiger partial charge on any atom is -0.388 e. The summed E-state index contributed by atoms with van der Waals surface area (Å²) in [5.41, 5.74) is 8.88. The summed E-state index contributed by atoms with van der Waals surface area (Å²) in [4.78, 5) is 19.9. The van der Waals surface area contributed by atoms with Crippen LogP contribution in [-0.4, -0.2) is 59.4 Å². The van der Waals surface area contributed by atoms with Gasteiger partial charge in [-0.05, 0) is 49.1 Å². The van der Waals surface area contributed by atoms with Crippen molar-refractivity contribution in [2.24, 2.45) is 5.73 Å². The predicted octanol–water partition coefficient (Wildman–Crippen LogP) is 3.77. The van der Waals surface area contributed by atoms with Gasteiger partial charge in [-0.15, -0.1) is 11.3 Å². The van der Waals surface area contributed by atoms with Gasteiger partial charge in [0.1, 0.15) is 5.82 Å². The highest BCUT2D eigenvalue weighted by molar-refractivity contribution is 7.14. The molecule has 0 saturated carbocycles. The van der Waals surface area contributed by atoms with Crippen molar-refractivity contribution in [3.8, 4) is 10.4 Å². The monoisotopic (exact) mass is 496 g/mol. The van der Waals surface area contributed by atoms with Crippen molar-refractivity contribution in [1.29, 1.82) is 0 Å². The maximum absolute atomic E-state index is 12.0. The molecular formula is C26H32N4O4S. The van der Waals surface area contributed by atoms with E-state index in [1.165, 1.54) is 11.3 Å². The number of aliphatic hydroxyl groups is 1. The minimum absolute atomic E-state index is 0.217. The van der Waals surface area contributed by atoms with Gasteiger partial charge < -0.3 is 25.6 Å². The fourth-order valence-corrected chi connectivity index (χ4v) is 4.83. The SMILES string of the molecule is CC(C)(O)COCc1cccc(Nc2cc(CN3CCOCC3)ccc2-c2sccc2C(N)=O)n1. The number of anilines is 2. The summed E-state index contributed by atoms with van der Waals surface area (Å²) >= 11 is 1.48. The number of morpholine rings is 1. The number of nitrogens with two attached hydrogens (primary N) is 1. The predicted molar refractivity (Wildman–Crippen MR) is 138 cm³/mol. The van der Waals surface area contributed by atoms with Crippen molar-refractivity contribution in [1.82, 2.24) is 9.88 Å². The molecule has 0 atom stereocenters. The molecule has 0 bridgehead atoms. The molecule has 0 radical (unpaired) electrons. The Morgan fingerprint density at radius 1 is 1.26 bits per heavy atom. The Labute approximate surface area is 209 Å². The van der Waals surface area contributed by atoms with Crippen LogP contribution in [0.4, 0.5) is 11.5 Å². The molecule has 3 aromatic rings. The Morgan fingerprint density at radius 2 is 2.06 bits per heavy atom. The minimum atomic E-state index is -0.898. The maximum Gasteiger partial charge on any atom is 0.250 e. The topological polar surface area (TPSA) is 110 Å². The normalized spacial score (nSPS) is 14.7. The van der Waals surface area contributed by atoms with Crippen LogP contribution >= 0.6 is 11.3 Å². The zero-order valence-corrected chi connectivity index (χ0v) is 20.9. The highest BCUT2D eigenvalue weighted by Gasteiger charge is 2.18. The first-order chi connectivity index (χ1) is 16.8. The average Bonchev–Trinajstić information content (AvgIpc) is 3.30. The van der Waals surface area contributed by atoms with Crippen molar-refractivity contribution in [3.63, 3.8) is 0 Å². The summed E-state index contributed by atoms with van der Waals surface area (Å²) in [6, 6.07) is 13.7. The number of amides is 1. The van der Waals surface area contributed by atoms with E-state index in [2.05, 4.69) is 27.3 Å². The smallest absolute Gasteiger partial charge is 0.250 e. The van der Waals surface area contributed by atoms with Gasteiger partial charge in [-0.2, -0.15) is 0 Å². The summed E-state index contributed by atoms with van der Waals surface area (Å²) in [7, 11) is 0. The first-order valence-corrected chi connectivity index (χ1v) is 12.5. The molecule has 0 aliphatic carbocycles. The van der Waals surface area contributed by atoms with Gasteiger partial charge in [0.25, 0.3) is 0 Å². The van der Waals surface area contributed by atoms with Crippen LogP contribution in [0.15, 0.2) is 47.8 Å². The van der Waals surface area contributed by atoms with Crippen LogP contribution in [0.5, 0.6) is 0 Å². The van der Waals surface area contributed by atoms with Gasteiger partial charge in [0, 0.05) is 35.8 Å². The number of benzene rings is 1. The highest BCUT2D eigenvalue weighted by Crippen LogP contribution is 2.37. The molecule has 1 aliphatic heterocycles. The number of primary amides is 1. The molecule has 35 heavy (non-hydrogen) atoms. The van der Waals surface area contributed by atoms with E-state index in [9.17, 15) is 9.90 Å². The zero-order chi connectivity index (χ0) is 24.8. The first-order valence-electron chi connectivity index (χ1n) is 11.6. The highest BCUT2D eigenvalue weighted by atomic mass is 32.1. The summed E-state index contributed by atoms with van der Waals surface area (Å²) < 4.78 is 11.1. The van der Waals surface area contributed by atoms with E-state index in [4.69, 9.17) is 15.2 Å². The van der Waals surface area contributed by atoms with Gasteiger partial charge in [0.15, 0.2) is 0 Å².